The molecule has 12 aromatic rings. The van der Waals surface area contributed by atoms with Gasteiger partial charge in [0.1, 0.15) is 62.4 Å². The van der Waals surface area contributed by atoms with Gasteiger partial charge in [0.25, 0.3) is 16.7 Å². The van der Waals surface area contributed by atoms with Gasteiger partial charge in [0.2, 0.25) is 23.6 Å². The summed E-state index contributed by atoms with van der Waals surface area (Å²) in [6.07, 6.45) is 7.04. The van der Waals surface area contributed by atoms with Gasteiger partial charge in [-0.25, -0.2) is 20.3 Å². The second kappa shape index (κ2) is 28.5. The van der Waals surface area contributed by atoms with Crippen molar-refractivity contribution in [2.75, 3.05) is 57.0 Å². The Morgan fingerprint density at radius 2 is 0.939 bits per heavy atom. The zero-order chi connectivity index (χ0) is 68.6. The minimum atomic E-state index is -0.408. The van der Waals surface area contributed by atoms with Gasteiger partial charge < -0.3 is 46.1 Å². The number of rotatable bonds is 17. The number of likely N-dealkylation sites (N-methyl/N-ethyl adjacent to an activating group) is 1. The van der Waals surface area contributed by atoms with Crippen LogP contribution in [0.4, 0.5) is 17.5 Å². The van der Waals surface area contributed by atoms with Crippen molar-refractivity contribution in [3.63, 3.8) is 0 Å². The Bertz CT molecular complexity index is 5100. The maximum atomic E-state index is 12.8. The molecule has 1 unspecified atom stereocenters. The Morgan fingerprint density at radius 1 is 0.520 bits per heavy atom. The lowest BCUT2D eigenvalue weighted by molar-refractivity contribution is -0.131. The molecule has 9 heterocycles. The Hall–Kier alpha value is -13.3. The summed E-state index contributed by atoms with van der Waals surface area (Å²) in [5, 5.41) is 34.6. The molecule has 98 heavy (non-hydrogen) atoms. The van der Waals surface area contributed by atoms with Crippen molar-refractivity contribution in [2.24, 2.45) is 0 Å². The number of carbonyl (C=O) groups excluding carboxylic acids is 3. The fraction of sp³-hybridized carbons (Fsp3) is 0.157. The normalized spacial score (nSPS) is 13.5. The molecule has 5 aromatic carbocycles. The number of carbonyl (C=O) groups is 3. The van der Waals surface area contributed by atoms with E-state index in [1.54, 1.807) is 55.3 Å². The number of likely N-dealkylation sites (tertiary alicyclic amines) is 2. The molecule has 7 aromatic heterocycles. The first-order valence-corrected chi connectivity index (χ1v) is 30.9. The summed E-state index contributed by atoms with van der Waals surface area (Å²) >= 11 is 0. The number of ether oxygens (including phenoxy) is 3. The lowest BCUT2D eigenvalue weighted by atomic mass is 10.1. The van der Waals surface area contributed by atoms with Crippen LogP contribution in [0.1, 0.15) is 24.9 Å². The number of hydrogen-bond acceptors (Lipinski definition) is 19. The molecule has 9 N–H and O–H groups in total. The van der Waals surface area contributed by atoms with E-state index in [1.807, 2.05) is 133 Å². The van der Waals surface area contributed by atoms with Gasteiger partial charge in [-0.15, -0.1) is 0 Å². The van der Waals surface area contributed by atoms with Crippen LogP contribution in [0, 0.1) is 0 Å². The van der Waals surface area contributed by atoms with Gasteiger partial charge in [0.05, 0.1) is 34.8 Å². The predicted octanol–water partition coefficient (Wildman–Crippen LogP) is 8.44. The first-order valence-electron chi connectivity index (χ1n) is 30.9. The van der Waals surface area contributed by atoms with Crippen molar-refractivity contribution >= 4 is 67.9 Å². The zero-order valence-corrected chi connectivity index (χ0v) is 52.9. The maximum Gasteiger partial charge on any atom is 0.290 e. The molecule has 2 aliphatic rings. The largest absolute Gasteiger partial charge is 0.457 e. The van der Waals surface area contributed by atoms with Crippen LogP contribution in [0.15, 0.2) is 210 Å². The highest BCUT2D eigenvalue weighted by molar-refractivity contribution is 6.02. The van der Waals surface area contributed by atoms with E-state index >= 15 is 0 Å². The molecule has 1 atom stereocenters. The van der Waals surface area contributed by atoms with Crippen molar-refractivity contribution in [1.82, 2.24) is 79.6 Å². The summed E-state index contributed by atoms with van der Waals surface area (Å²) in [7, 11) is 1.65. The van der Waals surface area contributed by atoms with Crippen molar-refractivity contribution in [1.29, 1.82) is 0 Å². The summed E-state index contributed by atoms with van der Waals surface area (Å²) in [5.74, 6) is 3.92. The number of para-hydroxylation sites is 2. The van der Waals surface area contributed by atoms with Gasteiger partial charge in [-0.1, -0.05) is 62.2 Å². The lowest BCUT2D eigenvalue weighted by Gasteiger charge is -2.38. The van der Waals surface area contributed by atoms with Crippen LogP contribution in [0.3, 0.4) is 0 Å². The summed E-state index contributed by atoms with van der Waals surface area (Å²) in [6.45, 7) is 13.2. The van der Waals surface area contributed by atoms with Gasteiger partial charge in [-0.2, -0.15) is 30.6 Å². The van der Waals surface area contributed by atoms with E-state index in [9.17, 15) is 28.8 Å². The molecule has 0 aliphatic carbocycles. The number of nitrogens with zero attached hydrogens (tertiary/aromatic N) is 13. The molecule has 0 radical (unpaired) electrons. The zero-order valence-electron chi connectivity index (χ0n) is 52.9. The highest BCUT2D eigenvalue weighted by atomic mass is 16.5. The molecule has 0 saturated carbocycles. The molecule has 3 amide bonds. The van der Waals surface area contributed by atoms with Gasteiger partial charge in [-0.05, 0) is 134 Å². The number of nitrogen functional groups attached to an aromatic ring is 3. The highest BCUT2D eigenvalue weighted by Crippen LogP contribution is 2.38. The second-order valence-corrected chi connectivity index (χ2v) is 22.7. The van der Waals surface area contributed by atoms with Crippen molar-refractivity contribution in [2.45, 2.75) is 31.5 Å². The molecule has 28 heteroatoms. The Morgan fingerprint density at radius 3 is 1.41 bits per heavy atom. The molecular formula is C70H65N19O9. The van der Waals surface area contributed by atoms with Crippen LogP contribution in [-0.4, -0.2) is 137 Å². The third-order valence-corrected chi connectivity index (χ3v) is 16.3. The predicted molar refractivity (Wildman–Crippen MR) is 370 cm³/mol. The number of fused-ring (bicyclic) bond motifs is 3. The number of nitrogens with one attached hydrogen (secondary N) is 3. The van der Waals surface area contributed by atoms with Crippen molar-refractivity contribution in [3.05, 3.63) is 227 Å². The van der Waals surface area contributed by atoms with Crippen LogP contribution in [0.5, 0.6) is 34.6 Å². The van der Waals surface area contributed by atoms with Gasteiger partial charge in [0.15, 0.2) is 17.5 Å². The molecule has 2 fully saturated rings. The van der Waals surface area contributed by atoms with Crippen molar-refractivity contribution in [3.8, 4) is 68.4 Å². The fourth-order valence-electron chi connectivity index (χ4n) is 11.4. The standard InChI is InChI=1S/C24H23N7O3.C23H20N6O3.C23H22N6O3/c1-2-19(32)30-13-5-6-16(14-30)31-22-20(23(25)27-28-24(22)33)21(29-31)15-8-10-17(11-9-15)34-18-7-3-4-12-26-18;1-2-18(30)28-12-15(13-28)29-21-19(22(24)25-26-23(21)31)20(27-29)14-8-10-17(11-9-14)32-16-6-4-3-5-7-16;1-3-18(30)28(2)13-14-29-21-19(22(24)25-26-23(21)31)20(27-29)15-9-11-17(12-10-15)32-16-7-5-4-6-8-16/h2-4,7-12,16H,1,5-6,13-14H2,(H2,25,27)(H,28,33);2-11,15H,1,12-13H2,(H2,24,25)(H,26,31);3-12H,1,13-14H2,2H3,(H2,24,25)(H,26,31). The molecule has 494 valence electrons. The van der Waals surface area contributed by atoms with Gasteiger partial charge >= 0.3 is 0 Å². The van der Waals surface area contributed by atoms with E-state index in [2.05, 4.69) is 60.4 Å². The van der Waals surface area contributed by atoms with E-state index in [0.29, 0.717) is 112 Å². The summed E-state index contributed by atoms with van der Waals surface area (Å²) in [4.78, 5) is 82.8. The second-order valence-electron chi connectivity index (χ2n) is 22.7. The number of pyridine rings is 1. The average molecular weight is 1320 g/mol. The van der Waals surface area contributed by atoms with Crippen LogP contribution in [0.2, 0.25) is 0 Å². The molecule has 28 nitrogen and oxygen atoms in total. The van der Waals surface area contributed by atoms with E-state index in [4.69, 9.17) is 41.6 Å². The number of benzene rings is 5. The van der Waals surface area contributed by atoms with E-state index in [1.165, 1.54) is 23.1 Å². The quantitative estimate of drug-likeness (QED) is 0.0465. The first kappa shape index (κ1) is 64.8. The Kier molecular flexibility index (Phi) is 18.9. The van der Waals surface area contributed by atoms with Crippen LogP contribution in [0.25, 0.3) is 66.5 Å². The molecule has 14 rings (SSSR count). The minimum Gasteiger partial charge on any atom is -0.457 e. The molecule has 0 bridgehead atoms. The molecular weight excluding hydrogens is 1250 g/mol. The van der Waals surface area contributed by atoms with Gasteiger partial charge in [0, 0.05) is 68.7 Å². The Labute approximate surface area is 557 Å². The topological polar surface area (TPSA) is 370 Å². The summed E-state index contributed by atoms with van der Waals surface area (Å²) in [6, 6.07) is 46.1. The van der Waals surface area contributed by atoms with Crippen LogP contribution >= 0.6 is 0 Å². The number of hydrogen-bond donors (Lipinski definition) is 6. The SMILES string of the molecule is C=CC(=O)N(C)CCn1nc(-c2ccc(Oc3ccccc3)cc2)c2c(N)n[nH]c(=O)c21.C=CC(=O)N1CC(n2nc(-c3ccc(Oc4ccccc4)cc3)c3c(N)n[nH]c(=O)c32)C1.C=CC(=O)N1CCCC(n2nc(-c3ccc(Oc4ccccn4)cc3)c3c(N)n[nH]c(=O)c32)C1. The number of amides is 3. The average Bonchev–Trinajstić information content (AvgIpc) is 1.61. The highest BCUT2D eigenvalue weighted by Gasteiger charge is 2.35. The number of aromatic nitrogens is 13. The Balaban J connectivity index is 0.000000140. The van der Waals surface area contributed by atoms with Crippen molar-refractivity contribution < 1.29 is 28.6 Å². The number of piperidine rings is 1. The van der Waals surface area contributed by atoms with Crippen LogP contribution < -0.4 is 48.1 Å². The van der Waals surface area contributed by atoms with Gasteiger partial charge in [-0.3, -0.25) is 42.8 Å². The smallest absolute Gasteiger partial charge is 0.290 e. The summed E-state index contributed by atoms with van der Waals surface area (Å²) < 4.78 is 22.3. The monoisotopic (exact) mass is 1320 g/mol. The third kappa shape index (κ3) is 13.7. The molecule has 2 aliphatic heterocycles. The number of aromatic amines is 3. The number of nitrogens with two attached hydrogens (primary N) is 3. The van der Waals surface area contributed by atoms with Crippen LogP contribution in [-0.2, 0) is 20.9 Å². The molecule has 0 spiro atoms. The third-order valence-electron chi connectivity index (χ3n) is 16.3. The summed E-state index contributed by atoms with van der Waals surface area (Å²) in [5.41, 5.74) is 22.1. The number of anilines is 3. The number of H-pyrrole nitrogens is 3. The van der Waals surface area contributed by atoms with E-state index in [0.717, 1.165) is 41.0 Å². The first-order chi connectivity index (χ1) is 47.6. The fourth-order valence-corrected chi connectivity index (χ4v) is 11.4. The lowest BCUT2D eigenvalue weighted by Crippen LogP contribution is -2.50. The molecule has 2 saturated heterocycles. The minimum absolute atomic E-state index is 0.139. The van der Waals surface area contributed by atoms with E-state index in [-0.39, 0.29) is 58.4 Å². The maximum absolute atomic E-state index is 12.8. The van der Waals surface area contributed by atoms with E-state index < -0.39 is 5.56 Å².